The molecule has 1 aliphatic carbocycles. The highest BCUT2D eigenvalue weighted by molar-refractivity contribution is 4.99. The van der Waals surface area contributed by atoms with Crippen LogP contribution in [0.25, 0.3) is 0 Å². The summed E-state index contributed by atoms with van der Waals surface area (Å²) in [4.78, 5) is 0. The van der Waals surface area contributed by atoms with Gasteiger partial charge in [-0.3, -0.25) is 10.6 Å². The molecule has 12 heavy (non-hydrogen) atoms. The monoisotopic (exact) mass is 168 g/mol. The molecule has 0 aromatic rings. The summed E-state index contributed by atoms with van der Waals surface area (Å²) in [5.74, 6) is 0.802. The molecule has 1 saturated carbocycles. The number of nitrogens with one attached hydrogen (secondary N) is 2. The van der Waals surface area contributed by atoms with Crippen LogP contribution in [0.5, 0.6) is 0 Å². The molecule has 1 saturated heterocycles. The summed E-state index contributed by atoms with van der Waals surface area (Å²) in [5.41, 5.74) is 0.303. The van der Waals surface area contributed by atoms with Crippen LogP contribution in [0.4, 0.5) is 0 Å². The predicted molar refractivity (Wildman–Crippen MR) is 51.0 cm³/mol. The van der Waals surface area contributed by atoms with E-state index in [1.54, 1.807) is 0 Å². The Kier molecular flexibility index (Phi) is 2.13. The van der Waals surface area contributed by atoms with Crippen LogP contribution in [0.1, 0.15) is 39.5 Å². The Morgan fingerprint density at radius 3 is 2.67 bits per heavy atom. The maximum atomic E-state index is 3.71. The third-order valence-corrected chi connectivity index (χ3v) is 3.53. The lowest BCUT2D eigenvalue weighted by atomic mass is 9.80. The summed E-state index contributed by atoms with van der Waals surface area (Å²) in [6.07, 6.45) is 5.50. The average Bonchev–Trinajstić information content (AvgIpc) is 2.41. The molecule has 2 fully saturated rings. The van der Waals surface area contributed by atoms with E-state index in [9.17, 15) is 0 Å². The van der Waals surface area contributed by atoms with Crippen molar-refractivity contribution < 1.29 is 0 Å². The Hall–Kier alpha value is -0.0800. The van der Waals surface area contributed by atoms with Gasteiger partial charge in [-0.25, -0.2) is 0 Å². The quantitative estimate of drug-likeness (QED) is 0.572. The zero-order valence-electron chi connectivity index (χ0n) is 8.19. The van der Waals surface area contributed by atoms with Crippen molar-refractivity contribution in [3.63, 3.8) is 0 Å². The molecule has 2 rings (SSSR count). The molecule has 0 aromatic carbocycles. The summed E-state index contributed by atoms with van der Waals surface area (Å²) in [6, 6.07) is 0.658. The van der Waals surface area contributed by atoms with Crippen molar-refractivity contribution in [2.45, 2.75) is 51.2 Å². The second-order valence-corrected chi connectivity index (χ2v) is 4.54. The van der Waals surface area contributed by atoms with E-state index in [1.807, 2.05) is 0 Å². The van der Waals surface area contributed by atoms with Gasteiger partial charge in [0, 0.05) is 12.6 Å². The van der Waals surface area contributed by atoms with Crippen LogP contribution < -0.4 is 10.6 Å². The van der Waals surface area contributed by atoms with Gasteiger partial charge in [-0.2, -0.15) is 0 Å². The van der Waals surface area contributed by atoms with Crippen LogP contribution in [-0.2, 0) is 0 Å². The largest absolute Gasteiger partial charge is 0.298 e. The fourth-order valence-electron chi connectivity index (χ4n) is 2.70. The number of hydrogen-bond acceptors (Lipinski definition) is 2. The molecule has 1 aliphatic heterocycles. The Bertz CT molecular complexity index is 165. The van der Waals surface area contributed by atoms with E-state index in [4.69, 9.17) is 0 Å². The third-order valence-electron chi connectivity index (χ3n) is 3.53. The zero-order chi connectivity index (χ0) is 8.60. The van der Waals surface area contributed by atoms with Gasteiger partial charge >= 0.3 is 0 Å². The highest BCUT2D eigenvalue weighted by Gasteiger charge is 2.41. The molecule has 0 unspecified atom stereocenters. The van der Waals surface area contributed by atoms with E-state index >= 15 is 0 Å². The highest BCUT2D eigenvalue weighted by atomic mass is 15.3. The Balaban J connectivity index is 2.07. The molecule has 1 heterocycles. The number of rotatable bonds is 0. The molecule has 0 aromatic heterocycles. The second kappa shape index (κ2) is 3.00. The highest BCUT2D eigenvalue weighted by Crippen LogP contribution is 2.33. The van der Waals surface area contributed by atoms with Crippen molar-refractivity contribution in [1.82, 2.24) is 10.6 Å². The van der Waals surface area contributed by atoms with Crippen LogP contribution in [0.15, 0.2) is 0 Å². The molecule has 0 amide bonds. The van der Waals surface area contributed by atoms with Gasteiger partial charge in [0.25, 0.3) is 0 Å². The van der Waals surface area contributed by atoms with E-state index in [0.717, 1.165) is 12.5 Å². The summed E-state index contributed by atoms with van der Waals surface area (Å²) in [5, 5.41) is 7.37. The minimum absolute atomic E-state index is 0.303. The van der Waals surface area contributed by atoms with Gasteiger partial charge in [-0.1, -0.05) is 19.8 Å². The third kappa shape index (κ3) is 1.27. The van der Waals surface area contributed by atoms with E-state index in [2.05, 4.69) is 24.5 Å². The van der Waals surface area contributed by atoms with Crippen molar-refractivity contribution in [2.75, 3.05) is 6.54 Å². The number of hydrogen-bond donors (Lipinski definition) is 2. The van der Waals surface area contributed by atoms with Crippen molar-refractivity contribution >= 4 is 0 Å². The van der Waals surface area contributed by atoms with Gasteiger partial charge in [-0.05, 0) is 25.7 Å². The summed E-state index contributed by atoms with van der Waals surface area (Å²) >= 11 is 0. The minimum atomic E-state index is 0.303. The van der Waals surface area contributed by atoms with E-state index in [1.165, 1.54) is 25.7 Å². The van der Waals surface area contributed by atoms with Gasteiger partial charge in [0.05, 0.1) is 5.66 Å². The Morgan fingerprint density at radius 1 is 1.25 bits per heavy atom. The first-order valence-corrected chi connectivity index (χ1v) is 5.26. The fraction of sp³-hybridized carbons (Fsp3) is 1.00. The molecule has 2 aliphatic rings. The van der Waals surface area contributed by atoms with Crippen LogP contribution in [-0.4, -0.2) is 18.2 Å². The lowest BCUT2D eigenvalue weighted by Gasteiger charge is -2.40. The van der Waals surface area contributed by atoms with Crippen molar-refractivity contribution in [2.24, 2.45) is 5.92 Å². The lowest BCUT2D eigenvalue weighted by molar-refractivity contribution is 0.150. The van der Waals surface area contributed by atoms with Gasteiger partial charge in [0.2, 0.25) is 0 Å². The molecule has 2 heteroatoms. The topological polar surface area (TPSA) is 24.1 Å². The average molecular weight is 168 g/mol. The lowest BCUT2D eigenvalue weighted by Crippen LogP contribution is -2.56. The zero-order valence-corrected chi connectivity index (χ0v) is 8.19. The normalized spacial score (nSPS) is 48.5. The van der Waals surface area contributed by atoms with Crippen molar-refractivity contribution in [1.29, 1.82) is 0 Å². The molecule has 3 atom stereocenters. The maximum Gasteiger partial charge on any atom is 0.0716 e. The SMILES string of the molecule is C[C@@H]1CN[C@@]2(CCCC[C@@H]2C)N1. The summed E-state index contributed by atoms with van der Waals surface area (Å²) in [7, 11) is 0. The summed E-state index contributed by atoms with van der Waals surface area (Å²) < 4.78 is 0. The van der Waals surface area contributed by atoms with Crippen LogP contribution >= 0.6 is 0 Å². The maximum absolute atomic E-state index is 3.71. The fourth-order valence-corrected chi connectivity index (χ4v) is 2.70. The van der Waals surface area contributed by atoms with Crippen LogP contribution in [0.2, 0.25) is 0 Å². The summed E-state index contributed by atoms with van der Waals surface area (Å²) in [6.45, 7) is 5.78. The van der Waals surface area contributed by atoms with Crippen molar-refractivity contribution in [3.8, 4) is 0 Å². The second-order valence-electron chi connectivity index (χ2n) is 4.54. The first-order valence-electron chi connectivity index (χ1n) is 5.26. The first kappa shape index (κ1) is 8.52. The predicted octanol–water partition coefficient (Wildman–Crippen LogP) is 1.47. The molecular weight excluding hydrogens is 148 g/mol. The Labute approximate surface area is 75.1 Å². The molecule has 2 N–H and O–H groups in total. The van der Waals surface area contributed by atoms with E-state index in [-0.39, 0.29) is 0 Å². The van der Waals surface area contributed by atoms with E-state index < -0.39 is 0 Å². The van der Waals surface area contributed by atoms with Crippen LogP contribution in [0, 0.1) is 5.92 Å². The molecule has 0 bridgehead atoms. The molecule has 70 valence electrons. The molecule has 2 nitrogen and oxygen atoms in total. The van der Waals surface area contributed by atoms with Gasteiger partial charge in [0.1, 0.15) is 0 Å². The van der Waals surface area contributed by atoms with Gasteiger partial charge < -0.3 is 0 Å². The van der Waals surface area contributed by atoms with Gasteiger partial charge in [-0.15, -0.1) is 0 Å². The van der Waals surface area contributed by atoms with Crippen molar-refractivity contribution in [3.05, 3.63) is 0 Å². The molecule has 1 spiro atoms. The van der Waals surface area contributed by atoms with Gasteiger partial charge in [0.15, 0.2) is 0 Å². The molecular formula is C10H20N2. The minimum Gasteiger partial charge on any atom is -0.298 e. The van der Waals surface area contributed by atoms with E-state index in [0.29, 0.717) is 11.7 Å². The Morgan fingerprint density at radius 2 is 2.08 bits per heavy atom. The van der Waals surface area contributed by atoms with Crippen LogP contribution in [0.3, 0.4) is 0 Å². The smallest absolute Gasteiger partial charge is 0.0716 e. The first-order chi connectivity index (χ1) is 5.73. The molecule has 0 radical (unpaired) electrons. The standard InChI is InChI=1S/C10H20N2/c1-8-5-3-4-6-10(8)11-7-9(2)12-10/h8-9,11-12H,3-7H2,1-2H3/t8-,9+,10-/m0/s1.